The maximum absolute atomic E-state index is 13.7. The number of aromatic nitrogens is 3. The van der Waals surface area contributed by atoms with Crippen LogP contribution in [0.4, 0.5) is 0 Å². The Morgan fingerprint density at radius 1 is 1.09 bits per heavy atom. The summed E-state index contributed by atoms with van der Waals surface area (Å²) in [4.78, 5) is 37.4. The molecule has 0 unspecified atom stereocenters. The van der Waals surface area contributed by atoms with Crippen LogP contribution in [0.3, 0.4) is 0 Å². The molecule has 174 valence electrons. The fourth-order valence-electron chi connectivity index (χ4n) is 4.29. The average Bonchev–Trinajstić information content (AvgIpc) is 3.25. The van der Waals surface area contributed by atoms with Crippen molar-refractivity contribution in [2.24, 2.45) is 0 Å². The Hall–Kier alpha value is -2.97. The highest BCUT2D eigenvalue weighted by atomic mass is 32.2. The Labute approximate surface area is 206 Å². The van der Waals surface area contributed by atoms with Gasteiger partial charge in [0.2, 0.25) is 5.91 Å². The molecule has 4 aromatic rings. The molecule has 0 radical (unpaired) electrons. The predicted octanol–water partition coefficient (Wildman–Crippen LogP) is 4.38. The smallest absolute Gasteiger partial charge is 0.263 e. The van der Waals surface area contributed by atoms with Crippen molar-refractivity contribution in [3.63, 3.8) is 0 Å². The summed E-state index contributed by atoms with van der Waals surface area (Å²) in [5, 5.41) is 4.30. The third-order valence-corrected chi connectivity index (χ3v) is 8.19. The van der Waals surface area contributed by atoms with Crippen LogP contribution in [0, 0.1) is 0 Å². The molecule has 1 aliphatic carbocycles. The number of aryl methyl sites for hydroxylation is 3. The number of benzene rings is 1. The second kappa shape index (κ2) is 10.5. The summed E-state index contributed by atoms with van der Waals surface area (Å²) in [7, 11) is 0. The zero-order valence-corrected chi connectivity index (χ0v) is 20.5. The van der Waals surface area contributed by atoms with E-state index >= 15 is 0 Å². The predicted molar refractivity (Wildman–Crippen MR) is 137 cm³/mol. The minimum atomic E-state index is -0.106. The Morgan fingerprint density at radius 2 is 1.91 bits per heavy atom. The van der Waals surface area contributed by atoms with Gasteiger partial charge >= 0.3 is 0 Å². The van der Waals surface area contributed by atoms with Crippen LogP contribution in [0.2, 0.25) is 0 Å². The summed E-state index contributed by atoms with van der Waals surface area (Å²) >= 11 is 2.97. The molecular weight excluding hydrogens is 464 g/mol. The van der Waals surface area contributed by atoms with Crippen molar-refractivity contribution in [2.75, 3.05) is 5.75 Å². The van der Waals surface area contributed by atoms with Crippen molar-refractivity contribution in [3.05, 3.63) is 86.8 Å². The fourth-order valence-corrected chi connectivity index (χ4v) is 6.44. The van der Waals surface area contributed by atoms with Crippen molar-refractivity contribution in [1.82, 2.24) is 19.9 Å². The van der Waals surface area contributed by atoms with Gasteiger partial charge in [0.25, 0.3) is 5.56 Å². The third-order valence-electron chi connectivity index (χ3n) is 6.03. The van der Waals surface area contributed by atoms with Crippen LogP contribution < -0.4 is 10.9 Å². The second-order valence-electron chi connectivity index (χ2n) is 8.36. The van der Waals surface area contributed by atoms with Gasteiger partial charge in [0, 0.05) is 17.6 Å². The molecule has 1 amide bonds. The quantitative estimate of drug-likeness (QED) is 0.293. The lowest BCUT2D eigenvalue weighted by Gasteiger charge is -2.14. The van der Waals surface area contributed by atoms with Crippen molar-refractivity contribution < 1.29 is 4.79 Å². The van der Waals surface area contributed by atoms with Gasteiger partial charge in [-0.2, -0.15) is 0 Å². The molecule has 1 aromatic carbocycles. The summed E-state index contributed by atoms with van der Waals surface area (Å²) in [6, 6.07) is 15.8. The zero-order chi connectivity index (χ0) is 23.3. The van der Waals surface area contributed by atoms with Crippen LogP contribution in [0.15, 0.2) is 64.7 Å². The summed E-state index contributed by atoms with van der Waals surface area (Å²) < 4.78 is 1.77. The first-order valence-corrected chi connectivity index (χ1v) is 13.4. The topological polar surface area (TPSA) is 76.9 Å². The van der Waals surface area contributed by atoms with Crippen molar-refractivity contribution in [2.45, 2.75) is 50.4 Å². The molecule has 8 heteroatoms. The highest BCUT2D eigenvalue weighted by Gasteiger charge is 2.22. The number of carbonyl (C=O) groups is 1. The van der Waals surface area contributed by atoms with Gasteiger partial charge in [0.05, 0.1) is 23.4 Å². The standard InChI is InChI=1S/C26H26N4O2S2/c31-22(28-16-19-10-6-7-14-27-19)17-33-26-29-24-23(20-11-4-5-12-21(20)34-24)25(32)30(26)15-13-18-8-2-1-3-9-18/h1-3,6-10,14H,4-5,11-13,15-17H2,(H,28,31). The number of pyridine rings is 1. The van der Waals surface area contributed by atoms with Crippen LogP contribution in [-0.4, -0.2) is 26.2 Å². The molecule has 0 saturated carbocycles. The molecule has 0 fully saturated rings. The Balaban J connectivity index is 1.39. The monoisotopic (exact) mass is 490 g/mol. The Kier molecular flexibility index (Phi) is 7.06. The first-order chi connectivity index (χ1) is 16.7. The van der Waals surface area contributed by atoms with Gasteiger partial charge in [-0.3, -0.25) is 19.1 Å². The first-order valence-electron chi connectivity index (χ1n) is 11.6. The molecule has 0 spiro atoms. The van der Waals surface area contributed by atoms with Gasteiger partial charge in [-0.15, -0.1) is 11.3 Å². The van der Waals surface area contributed by atoms with Gasteiger partial charge in [0.1, 0.15) is 4.83 Å². The summed E-state index contributed by atoms with van der Waals surface area (Å²) in [5.74, 6) is 0.0892. The largest absolute Gasteiger partial charge is 0.350 e. The summed E-state index contributed by atoms with van der Waals surface area (Å²) in [6.07, 6.45) is 6.71. The van der Waals surface area contributed by atoms with E-state index in [1.807, 2.05) is 36.4 Å². The van der Waals surface area contributed by atoms with Gasteiger partial charge in [-0.05, 0) is 55.4 Å². The molecule has 1 N–H and O–H groups in total. The maximum atomic E-state index is 13.7. The number of hydrogen-bond donors (Lipinski definition) is 1. The molecule has 0 bridgehead atoms. The van der Waals surface area contributed by atoms with Gasteiger partial charge in [-0.1, -0.05) is 48.2 Å². The lowest BCUT2D eigenvalue weighted by atomic mass is 9.97. The molecule has 0 saturated heterocycles. The average molecular weight is 491 g/mol. The molecule has 5 rings (SSSR count). The minimum Gasteiger partial charge on any atom is -0.350 e. The molecule has 1 aliphatic rings. The fraction of sp³-hybridized carbons (Fsp3) is 0.308. The lowest BCUT2D eigenvalue weighted by Crippen LogP contribution is -2.27. The minimum absolute atomic E-state index is 0.0247. The zero-order valence-electron chi connectivity index (χ0n) is 18.8. The number of rotatable bonds is 8. The molecule has 34 heavy (non-hydrogen) atoms. The van der Waals surface area contributed by atoms with Gasteiger partial charge < -0.3 is 5.32 Å². The number of nitrogens with zero attached hydrogens (tertiary/aromatic N) is 3. The molecule has 0 aliphatic heterocycles. The van der Waals surface area contributed by atoms with E-state index in [1.165, 1.54) is 34.2 Å². The Morgan fingerprint density at radius 3 is 2.74 bits per heavy atom. The summed E-state index contributed by atoms with van der Waals surface area (Å²) in [5.41, 5.74) is 3.20. The maximum Gasteiger partial charge on any atom is 0.263 e. The van der Waals surface area contributed by atoms with Crippen LogP contribution in [-0.2, 0) is 37.1 Å². The van der Waals surface area contributed by atoms with E-state index in [0.717, 1.165) is 41.6 Å². The van der Waals surface area contributed by atoms with Crippen LogP contribution in [0.1, 0.15) is 34.5 Å². The van der Waals surface area contributed by atoms with E-state index in [9.17, 15) is 9.59 Å². The van der Waals surface area contributed by atoms with Crippen molar-refractivity contribution in [1.29, 1.82) is 0 Å². The van der Waals surface area contributed by atoms with Gasteiger partial charge in [0.15, 0.2) is 5.16 Å². The van der Waals surface area contributed by atoms with E-state index < -0.39 is 0 Å². The lowest BCUT2D eigenvalue weighted by molar-refractivity contribution is -0.118. The molecule has 3 heterocycles. The molecular formula is C26H26N4O2S2. The van der Waals surface area contributed by atoms with Crippen molar-refractivity contribution in [3.8, 4) is 0 Å². The summed E-state index contributed by atoms with van der Waals surface area (Å²) in [6.45, 7) is 0.916. The highest BCUT2D eigenvalue weighted by molar-refractivity contribution is 7.99. The Bertz CT molecular complexity index is 1350. The number of amides is 1. The molecule has 0 atom stereocenters. The van der Waals surface area contributed by atoms with Crippen molar-refractivity contribution >= 4 is 39.2 Å². The van der Waals surface area contributed by atoms with E-state index in [4.69, 9.17) is 4.98 Å². The van der Waals surface area contributed by atoms with Crippen LogP contribution >= 0.6 is 23.1 Å². The normalized spacial score (nSPS) is 13.1. The van der Waals surface area contributed by atoms with Gasteiger partial charge in [-0.25, -0.2) is 4.98 Å². The number of thiophene rings is 1. The number of fused-ring (bicyclic) bond motifs is 3. The molecule has 6 nitrogen and oxygen atoms in total. The highest BCUT2D eigenvalue weighted by Crippen LogP contribution is 2.34. The van der Waals surface area contributed by atoms with E-state index in [1.54, 1.807) is 22.1 Å². The van der Waals surface area contributed by atoms with E-state index in [2.05, 4.69) is 22.4 Å². The number of nitrogens with one attached hydrogen (secondary N) is 1. The number of carbonyl (C=O) groups excluding carboxylic acids is 1. The SMILES string of the molecule is O=C(CSc1nc2sc3c(c2c(=O)n1CCc1ccccc1)CCCC3)NCc1ccccn1. The number of thioether (sulfide) groups is 1. The first kappa shape index (κ1) is 22.8. The van der Waals surface area contributed by atoms with Crippen LogP contribution in [0.5, 0.6) is 0 Å². The third kappa shape index (κ3) is 5.08. The van der Waals surface area contributed by atoms with Crippen LogP contribution in [0.25, 0.3) is 10.2 Å². The second-order valence-corrected chi connectivity index (χ2v) is 10.4. The van der Waals surface area contributed by atoms with E-state index in [-0.39, 0.29) is 17.2 Å². The van der Waals surface area contributed by atoms with E-state index in [0.29, 0.717) is 18.2 Å². The molecule has 3 aromatic heterocycles. The number of hydrogen-bond acceptors (Lipinski definition) is 6.